The average Bonchev–Trinajstić information content (AvgIpc) is 2.73. The zero-order chi connectivity index (χ0) is 25.4. The van der Waals surface area contributed by atoms with Crippen LogP contribution in [-0.4, -0.2) is 79.7 Å². The molecule has 9 nitrogen and oxygen atoms in total. The molecule has 9 heteroatoms. The van der Waals surface area contributed by atoms with Gasteiger partial charge in [-0.05, 0) is 39.7 Å². The fourth-order valence-corrected chi connectivity index (χ4v) is 3.43. The van der Waals surface area contributed by atoms with E-state index in [0.29, 0.717) is 60.8 Å². The molecule has 33 heavy (non-hydrogen) atoms. The molecule has 0 heterocycles. The van der Waals surface area contributed by atoms with Crippen molar-refractivity contribution >= 4 is 24.1 Å². The van der Waals surface area contributed by atoms with Gasteiger partial charge in [0.05, 0.1) is 27.1 Å². The van der Waals surface area contributed by atoms with Gasteiger partial charge in [-0.3, -0.25) is 9.59 Å². The van der Waals surface area contributed by atoms with Crippen LogP contribution >= 0.6 is 0 Å². The summed E-state index contributed by atoms with van der Waals surface area (Å²) in [5.41, 5.74) is 0.745. The Hall–Kier alpha value is -2.52. The molecule has 2 atom stereocenters. The Kier molecular flexibility index (Phi) is 14.9. The number of carboxylic acid groups (broad SMARTS) is 1. The highest BCUT2D eigenvalue weighted by Gasteiger charge is 2.38. The van der Waals surface area contributed by atoms with E-state index in [-0.39, 0.29) is 31.1 Å². The van der Waals surface area contributed by atoms with Gasteiger partial charge in [-0.2, -0.15) is 0 Å². The summed E-state index contributed by atoms with van der Waals surface area (Å²) in [7, 11) is 3.85. The van der Waals surface area contributed by atoms with E-state index in [4.69, 9.17) is 4.74 Å². The van der Waals surface area contributed by atoms with Crippen LogP contribution in [0.25, 0.3) is 0 Å². The summed E-state index contributed by atoms with van der Waals surface area (Å²) in [6.07, 6.45) is 4.24. The van der Waals surface area contributed by atoms with Crippen LogP contribution in [0, 0.1) is 0 Å². The highest BCUT2D eigenvalue weighted by molar-refractivity contribution is 5.92. The number of hydrogen-bond donors (Lipinski definition) is 3. The number of carbonyl (C=O) groups is 4. The molecule has 2 unspecified atom stereocenters. The molecule has 0 saturated heterocycles. The highest BCUT2D eigenvalue weighted by atomic mass is 16.5. The van der Waals surface area contributed by atoms with Crippen molar-refractivity contribution < 1.29 is 33.5 Å². The van der Waals surface area contributed by atoms with Gasteiger partial charge >= 0.3 is 11.9 Å². The standard InChI is InChI=1S/C24H41N3O6/c1-18(2)23(31)26-21(12-14-25-13-10-16-33-24(32)19(3)4)27(5,6)20(17-22(29)30)11-8-7-9-15-28/h15,20-21,25H,1,3,7-14,16-17H2,2,4-6H3,(H-,26,29,30,31)/p+1. The molecule has 3 N–H and O–H groups in total. The fraction of sp³-hybridized carbons (Fsp3) is 0.667. The van der Waals surface area contributed by atoms with Crippen LogP contribution in [0.4, 0.5) is 0 Å². The van der Waals surface area contributed by atoms with Crippen molar-refractivity contribution in [2.45, 2.75) is 71.0 Å². The van der Waals surface area contributed by atoms with Crippen LogP contribution in [-0.2, 0) is 23.9 Å². The highest BCUT2D eigenvalue weighted by Crippen LogP contribution is 2.23. The number of carbonyl (C=O) groups excluding carboxylic acids is 3. The van der Waals surface area contributed by atoms with E-state index in [0.717, 1.165) is 12.7 Å². The first-order chi connectivity index (χ1) is 15.4. The lowest BCUT2D eigenvalue weighted by Crippen LogP contribution is -2.63. The van der Waals surface area contributed by atoms with Gasteiger partial charge < -0.3 is 29.8 Å². The number of unbranched alkanes of at least 4 members (excludes halogenated alkanes) is 2. The molecule has 0 aliphatic carbocycles. The van der Waals surface area contributed by atoms with Crippen LogP contribution in [0.1, 0.15) is 58.8 Å². The number of esters is 1. The smallest absolute Gasteiger partial charge is 0.333 e. The summed E-state index contributed by atoms with van der Waals surface area (Å²) >= 11 is 0. The second-order valence-electron chi connectivity index (χ2n) is 8.91. The van der Waals surface area contributed by atoms with Crippen LogP contribution in [0.2, 0.25) is 0 Å². The number of carboxylic acids is 1. The molecule has 0 aromatic carbocycles. The molecule has 188 valence electrons. The summed E-state index contributed by atoms with van der Waals surface area (Å²) < 4.78 is 5.36. The second-order valence-corrected chi connectivity index (χ2v) is 8.91. The first kappa shape index (κ1) is 30.5. The van der Waals surface area contributed by atoms with Crippen molar-refractivity contribution in [1.29, 1.82) is 0 Å². The first-order valence-corrected chi connectivity index (χ1v) is 11.4. The first-order valence-electron chi connectivity index (χ1n) is 11.4. The zero-order valence-electron chi connectivity index (χ0n) is 20.7. The van der Waals surface area contributed by atoms with Gasteiger partial charge in [-0.15, -0.1) is 0 Å². The van der Waals surface area contributed by atoms with Crippen molar-refractivity contribution in [3.8, 4) is 0 Å². The third-order valence-electron chi connectivity index (χ3n) is 5.62. The normalized spacial score (nSPS) is 13.0. The van der Waals surface area contributed by atoms with E-state index in [1.807, 2.05) is 14.1 Å². The molecular formula is C24H42N3O6+. The van der Waals surface area contributed by atoms with Crippen LogP contribution < -0.4 is 10.6 Å². The quantitative estimate of drug-likeness (QED) is 0.0663. The minimum Gasteiger partial charge on any atom is -0.481 e. The number of amides is 1. The monoisotopic (exact) mass is 468 g/mol. The molecule has 0 spiro atoms. The predicted molar refractivity (Wildman–Crippen MR) is 127 cm³/mol. The van der Waals surface area contributed by atoms with E-state index in [2.05, 4.69) is 23.8 Å². The second kappa shape index (κ2) is 16.1. The van der Waals surface area contributed by atoms with Crippen molar-refractivity contribution in [1.82, 2.24) is 10.6 Å². The van der Waals surface area contributed by atoms with E-state index in [1.165, 1.54) is 0 Å². The molecule has 0 rings (SSSR count). The van der Waals surface area contributed by atoms with Gasteiger partial charge in [0, 0.05) is 37.0 Å². The number of aldehydes is 1. The average molecular weight is 469 g/mol. The maximum atomic E-state index is 12.4. The largest absolute Gasteiger partial charge is 0.481 e. The SMILES string of the molecule is C=C(C)C(=O)NC(CCNCCCOC(=O)C(=C)C)[N+](C)(C)C(CCCCC=O)CC(=O)O. The number of nitrogens with zero attached hydrogens (tertiary/aromatic N) is 1. The molecule has 0 aromatic heterocycles. The molecule has 0 aromatic rings. The minimum atomic E-state index is -0.894. The molecule has 0 saturated carbocycles. The summed E-state index contributed by atoms with van der Waals surface area (Å²) in [5, 5.41) is 15.7. The molecule has 0 radical (unpaired) electrons. The summed E-state index contributed by atoms with van der Waals surface area (Å²) in [4.78, 5) is 45.9. The van der Waals surface area contributed by atoms with Crippen molar-refractivity contribution in [2.24, 2.45) is 0 Å². The van der Waals surface area contributed by atoms with Gasteiger partial charge in [0.2, 0.25) is 0 Å². The molecular weight excluding hydrogens is 426 g/mol. The topological polar surface area (TPSA) is 122 Å². The summed E-state index contributed by atoms with van der Waals surface area (Å²) in [5.74, 6) is -1.57. The lowest BCUT2D eigenvalue weighted by molar-refractivity contribution is -0.941. The van der Waals surface area contributed by atoms with Gasteiger partial charge in [0.25, 0.3) is 5.91 Å². The van der Waals surface area contributed by atoms with Gasteiger partial charge in [0.15, 0.2) is 6.17 Å². The molecule has 0 fully saturated rings. The van der Waals surface area contributed by atoms with Gasteiger partial charge in [-0.1, -0.05) is 13.2 Å². The third-order valence-corrected chi connectivity index (χ3v) is 5.62. The maximum Gasteiger partial charge on any atom is 0.333 e. The van der Waals surface area contributed by atoms with Crippen molar-refractivity contribution in [3.05, 3.63) is 24.3 Å². The van der Waals surface area contributed by atoms with E-state index < -0.39 is 11.9 Å². The van der Waals surface area contributed by atoms with Crippen LogP contribution in [0.15, 0.2) is 24.3 Å². The third kappa shape index (κ3) is 12.9. The Morgan fingerprint density at radius 3 is 2.24 bits per heavy atom. The Labute approximate surface area is 197 Å². The molecule has 0 bridgehead atoms. The van der Waals surface area contributed by atoms with E-state index >= 15 is 0 Å². The lowest BCUT2D eigenvalue weighted by Gasteiger charge is -2.44. The Morgan fingerprint density at radius 2 is 1.70 bits per heavy atom. The van der Waals surface area contributed by atoms with Crippen molar-refractivity contribution in [3.63, 3.8) is 0 Å². The zero-order valence-corrected chi connectivity index (χ0v) is 20.7. The number of rotatable bonds is 19. The predicted octanol–water partition coefficient (Wildman–Crippen LogP) is 2.17. The Bertz CT molecular complexity index is 690. The van der Waals surface area contributed by atoms with Crippen molar-refractivity contribution in [2.75, 3.05) is 33.8 Å². The van der Waals surface area contributed by atoms with Crippen LogP contribution in [0.3, 0.4) is 0 Å². The summed E-state index contributed by atoms with van der Waals surface area (Å²) in [6, 6.07) is -0.230. The number of ether oxygens (including phenoxy) is 1. The molecule has 0 aliphatic rings. The van der Waals surface area contributed by atoms with Crippen LogP contribution in [0.5, 0.6) is 0 Å². The Balaban J connectivity index is 5.06. The number of quaternary nitrogens is 1. The minimum absolute atomic E-state index is 0.0327. The van der Waals surface area contributed by atoms with E-state index in [1.54, 1.807) is 13.8 Å². The maximum absolute atomic E-state index is 12.4. The fourth-order valence-electron chi connectivity index (χ4n) is 3.43. The Morgan fingerprint density at radius 1 is 1.03 bits per heavy atom. The van der Waals surface area contributed by atoms with E-state index in [9.17, 15) is 24.3 Å². The number of aliphatic carboxylic acids is 1. The van der Waals surface area contributed by atoms with Gasteiger partial charge in [0.1, 0.15) is 12.3 Å². The number of nitrogens with one attached hydrogen (secondary N) is 2. The van der Waals surface area contributed by atoms with Gasteiger partial charge in [-0.25, -0.2) is 4.79 Å². The molecule has 0 aliphatic heterocycles. The molecule has 1 amide bonds. The lowest BCUT2D eigenvalue weighted by atomic mass is 10.0. The number of hydrogen-bond acceptors (Lipinski definition) is 6. The summed E-state index contributed by atoms with van der Waals surface area (Å²) in [6.45, 7) is 12.0.